The van der Waals surface area contributed by atoms with Crippen LogP contribution in [0.2, 0.25) is 0 Å². The van der Waals surface area contributed by atoms with Crippen LogP contribution in [0.25, 0.3) is 0 Å². The van der Waals surface area contributed by atoms with Crippen molar-refractivity contribution in [2.45, 2.75) is 13.8 Å². The SMILES string of the molecule is Cc1ccc(C)c(OCCNCCN)c1. The van der Waals surface area contributed by atoms with E-state index in [9.17, 15) is 0 Å². The molecular formula is C12H20N2O. The van der Waals surface area contributed by atoms with E-state index in [2.05, 4.69) is 37.4 Å². The normalized spacial score (nSPS) is 10.3. The number of rotatable bonds is 6. The van der Waals surface area contributed by atoms with Crippen LogP contribution in [-0.4, -0.2) is 26.2 Å². The number of aryl methyl sites for hydroxylation is 2. The summed E-state index contributed by atoms with van der Waals surface area (Å²) in [7, 11) is 0. The molecule has 3 heteroatoms. The first-order valence-corrected chi connectivity index (χ1v) is 5.35. The minimum atomic E-state index is 0.670. The van der Waals surface area contributed by atoms with Crippen LogP contribution in [0.5, 0.6) is 5.75 Å². The van der Waals surface area contributed by atoms with Crippen molar-refractivity contribution in [1.29, 1.82) is 0 Å². The van der Waals surface area contributed by atoms with Crippen molar-refractivity contribution >= 4 is 0 Å². The molecule has 0 fully saturated rings. The maximum atomic E-state index is 5.66. The largest absolute Gasteiger partial charge is 0.492 e. The van der Waals surface area contributed by atoms with Crippen molar-refractivity contribution in [3.05, 3.63) is 29.3 Å². The maximum Gasteiger partial charge on any atom is 0.122 e. The van der Waals surface area contributed by atoms with Gasteiger partial charge in [-0.1, -0.05) is 12.1 Å². The molecule has 0 aromatic heterocycles. The highest BCUT2D eigenvalue weighted by atomic mass is 16.5. The van der Waals surface area contributed by atoms with Crippen LogP contribution in [0.3, 0.4) is 0 Å². The van der Waals surface area contributed by atoms with Crippen LogP contribution in [0.4, 0.5) is 0 Å². The van der Waals surface area contributed by atoms with Gasteiger partial charge < -0.3 is 15.8 Å². The van der Waals surface area contributed by atoms with Crippen molar-refractivity contribution < 1.29 is 4.74 Å². The smallest absolute Gasteiger partial charge is 0.122 e. The molecule has 3 N–H and O–H groups in total. The molecule has 0 unspecified atom stereocenters. The lowest BCUT2D eigenvalue weighted by molar-refractivity contribution is 0.312. The fourth-order valence-corrected chi connectivity index (χ4v) is 1.32. The van der Waals surface area contributed by atoms with Crippen molar-refractivity contribution in [3.8, 4) is 5.75 Å². The minimum Gasteiger partial charge on any atom is -0.492 e. The van der Waals surface area contributed by atoms with E-state index in [1.54, 1.807) is 0 Å². The third-order valence-corrected chi connectivity index (χ3v) is 2.20. The van der Waals surface area contributed by atoms with Gasteiger partial charge in [0.05, 0.1) is 0 Å². The monoisotopic (exact) mass is 208 g/mol. The summed E-state index contributed by atoms with van der Waals surface area (Å²) in [5, 5.41) is 3.19. The molecule has 15 heavy (non-hydrogen) atoms. The molecule has 0 atom stereocenters. The highest BCUT2D eigenvalue weighted by Crippen LogP contribution is 2.18. The molecule has 0 aliphatic rings. The summed E-state index contributed by atoms with van der Waals surface area (Å²) in [6, 6.07) is 6.24. The number of hydrogen-bond acceptors (Lipinski definition) is 3. The lowest BCUT2D eigenvalue weighted by Crippen LogP contribution is -2.26. The highest BCUT2D eigenvalue weighted by molar-refractivity contribution is 5.35. The number of hydrogen-bond donors (Lipinski definition) is 2. The van der Waals surface area contributed by atoms with E-state index in [1.807, 2.05) is 0 Å². The zero-order valence-corrected chi connectivity index (χ0v) is 9.55. The van der Waals surface area contributed by atoms with E-state index in [4.69, 9.17) is 10.5 Å². The molecule has 0 radical (unpaired) electrons. The first-order valence-electron chi connectivity index (χ1n) is 5.35. The quantitative estimate of drug-likeness (QED) is 0.691. The van der Waals surface area contributed by atoms with Gasteiger partial charge in [0, 0.05) is 19.6 Å². The van der Waals surface area contributed by atoms with Gasteiger partial charge in [0.25, 0.3) is 0 Å². The van der Waals surface area contributed by atoms with E-state index in [0.717, 1.165) is 18.8 Å². The Labute approximate surface area is 91.6 Å². The Morgan fingerprint density at radius 3 is 2.80 bits per heavy atom. The fourth-order valence-electron chi connectivity index (χ4n) is 1.32. The second-order valence-corrected chi connectivity index (χ2v) is 3.66. The van der Waals surface area contributed by atoms with E-state index in [0.29, 0.717) is 13.2 Å². The molecule has 1 aromatic rings. The Bertz CT molecular complexity index is 300. The van der Waals surface area contributed by atoms with Crippen molar-refractivity contribution in [3.63, 3.8) is 0 Å². The standard InChI is InChI=1S/C12H20N2O/c1-10-3-4-11(2)12(9-10)15-8-7-14-6-5-13/h3-4,9,14H,5-8,13H2,1-2H3. The molecule has 0 aliphatic heterocycles. The second kappa shape index (κ2) is 6.43. The van der Waals surface area contributed by atoms with Gasteiger partial charge in [-0.2, -0.15) is 0 Å². The van der Waals surface area contributed by atoms with Crippen LogP contribution in [-0.2, 0) is 0 Å². The number of nitrogens with two attached hydrogens (primary N) is 1. The number of ether oxygens (including phenoxy) is 1. The van der Waals surface area contributed by atoms with Gasteiger partial charge in [0.1, 0.15) is 12.4 Å². The molecule has 0 heterocycles. The first kappa shape index (κ1) is 12.0. The van der Waals surface area contributed by atoms with Gasteiger partial charge in [-0.25, -0.2) is 0 Å². The molecule has 1 rings (SSSR count). The number of benzene rings is 1. The summed E-state index contributed by atoms with van der Waals surface area (Å²) in [6.07, 6.45) is 0. The van der Waals surface area contributed by atoms with Gasteiger partial charge in [0.15, 0.2) is 0 Å². The molecule has 0 aliphatic carbocycles. The average Bonchev–Trinajstić information content (AvgIpc) is 2.23. The van der Waals surface area contributed by atoms with Gasteiger partial charge in [-0.3, -0.25) is 0 Å². The van der Waals surface area contributed by atoms with Crippen LogP contribution in [0.15, 0.2) is 18.2 Å². The van der Waals surface area contributed by atoms with Crippen LogP contribution in [0, 0.1) is 13.8 Å². The molecule has 84 valence electrons. The predicted molar refractivity (Wildman–Crippen MR) is 63.3 cm³/mol. The lowest BCUT2D eigenvalue weighted by Gasteiger charge is -2.10. The molecule has 0 saturated heterocycles. The summed E-state index contributed by atoms with van der Waals surface area (Å²) in [5.74, 6) is 0.976. The summed E-state index contributed by atoms with van der Waals surface area (Å²) >= 11 is 0. The Morgan fingerprint density at radius 2 is 2.07 bits per heavy atom. The van der Waals surface area contributed by atoms with E-state index in [1.165, 1.54) is 11.1 Å². The molecule has 1 aromatic carbocycles. The molecule has 0 spiro atoms. The minimum absolute atomic E-state index is 0.670. The summed E-state index contributed by atoms with van der Waals surface area (Å²) < 4.78 is 5.66. The fraction of sp³-hybridized carbons (Fsp3) is 0.500. The Kier molecular flexibility index (Phi) is 5.15. The average molecular weight is 208 g/mol. The predicted octanol–water partition coefficient (Wildman–Crippen LogP) is 1.23. The Hall–Kier alpha value is -1.06. The van der Waals surface area contributed by atoms with E-state index in [-0.39, 0.29) is 0 Å². The van der Waals surface area contributed by atoms with Gasteiger partial charge >= 0.3 is 0 Å². The van der Waals surface area contributed by atoms with Crippen LogP contribution >= 0.6 is 0 Å². The summed E-state index contributed by atoms with van der Waals surface area (Å²) in [6.45, 7) is 7.16. The maximum absolute atomic E-state index is 5.66. The molecule has 0 bridgehead atoms. The summed E-state index contributed by atoms with van der Waals surface area (Å²) in [5.41, 5.74) is 7.77. The van der Waals surface area contributed by atoms with Gasteiger partial charge in [0.2, 0.25) is 0 Å². The van der Waals surface area contributed by atoms with Crippen molar-refractivity contribution in [2.75, 3.05) is 26.2 Å². The molecule has 0 amide bonds. The third-order valence-electron chi connectivity index (χ3n) is 2.20. The van der Waals surface area contributed by atoms with Gasteiger partial charge in [-0.15, -0.1) is 0 Å². The van der Waals surface area contributed by atoms with Crippen LogP contribution in [0.1, 0.15) is 11.1 Å². The first-order chi connectivity index (χ1) is 7.24. The zero-order valence-electron chi connectivity index (χ0n) is 9.55. The lowest BCUT2D eigenvalue weighted by atomic mass is 10.1. The topological polar surface area (TPSA) is 47.3 Å². The highest BCUT2D eigenvalue weighted by Gasteiger charge is 1.98. The Balaban J connectivity index is 2.33. The van der Waals surface area contributed by atoms with Crippen LogP contribution < -0.4 is 15.8 Å². The Morgan fingerprint density at radius 1 is 1.27 bits per heavy atom. The van der Waals surface area contributed by atoms with Crippen molar-refractivity contribution in [2.24, 2.45) is 5.73 Å². The second-order valence-electron chi connectivity index (χ2n) is 3.66. The van der Waals surface area contributed by atoms with E-state index >= 15 is 0 Å². The van der Waals surface area contributed by atoms with Gasteiger partial charge in [-0.05, 0) is 31.0 Å². The third kappa shape index (κ3) is 4.32. The molecular weight excluding hydrogens is 188 g/mol. The molecule has 0 saturated carbocycles. The molecule has 3 nitrogen and oxygen atoms in total. The summed E-state index contributed by atoms with van der Waals surface area (Å²) in [4.78, 5) is 0. The number of nitrogens with one attached hydrogen (secondary N) is 1. The van der Waals surface area contributed by atoms with Crippen molar-refractivity contribution in [1.82, 2.24) is 5.32 Å². The van der Waals surface area contributed by atoms with E-state index < -0.39 is 0 Å². The zero-order chi connectivity index (χ0) is 11.1.